The molecular weight excluding hydrogens is 454 g/mol. The Morgan fingerprint density at radius 1 is 0.909 bits per heavy atom. The lowest BCUT2D eigenvalue weighted by Gasteiger charge is -2.15. The number of anilines is 1. The van der Waals surface area contributed by atoms with Crippen molar-refractivity contribution in [3.8, 4) is 22.4 Å². The standard InChI is InChI=1S/C26H20ClN3O2S/c1-33-19-9-11-21(22(15-19)20-10-8-17(27)14-23(20)25(28)31)26(32)30-18-6-4-5-16(13-18)24-7-2-3-12-29-24/h2-15H,1H3,(H2,28,31)(H,30,32). The number of nitrogens with one attached hydrogen (secondary N) is 1. The highest BCUT2D eigenvalue weighted by Crippen LogP contribution is 2.33. The molecule has 2 amide bonds. The molecule has 0 aliphatic heterocycles. The highest BCUT2D eigenvalue weighted by Gasteiger charge is 2.19. The van der Waals surface area contributed by atoms with Gasteiger partial charge in [-0.2, -0.15) is 0 Å². The van der Waals surface area contributed by atoms with E-state index in [1.165, 1.54) is 17.8 Å². The molecule has 0 radical (unpaired) electrons. The number of pyridine rings is 1. The molecule has 0 saturated heterocycles. The molecule has 0 bridgehead atoms. The number of carbonyl (C=O) groups excluding carboxylic acids is 2. The van der Waals surface area contributed by atoms with Crippen molar-refractivity contribution >= 4 is 40.9 Å². The van der Waals surface area contributed by atoms with Crippen LogP contribution in [0.15, 0.2) is 90.0 Å². The lowest BCUT2D eigenvalue weighted by molar-refractivity contribution is 0.0997. The Bertz CT molecular complexity index is 1340. The smallest absolute Gasteiger partial charge is 0.256 e. The van der Waals surface area contributed by atoms with E-state index in [-0.39, 0.29) is 11.5 Å². The molecule has 0 saturated carbocycles. The van der Waals surface area contributed by atoms with E-state index >= 15 is 0 Å². The molecule has 4 rings (SSSR count). The summed E-state index contributed by atoms with van der Waals surface area (Å²) in [4.78, 5) is 30.7. The maximum absolute atomic E-state index is 13.3. The Morgan fingerprint density at radius 2 is 1.76 bits per heavy atom. The number of amides is 2. The third-order valence-corrected chi connectivity index (χ3v) is 6.05. The lowest BCUT2D eigenvalue weighted by atomic mass is 9.94. The summed E-state index contributed by atoms with van der Waals surface area (Å²) in [7, 11) is 0. The SMILES string of the molecule is CSc1ccc(C(=O)Nc2cccc(-c3ccccn3)c2)c(-c2ccc(Cl)cc2C(N)=O)c1. The lowest BCUT2D eigenvalue weighted by Crippen LogP contribution is -2.16. The fraction of sp³-hybridized carbons (Fsp3) is 0.0385. The molecule has 4 aromatic rings. The van der Waals surface area contributed by atoms with Crippen LogP contribution in [0.2, 0.25) is 5.02 Å². The summed E-state index contributed by atoms with van der Waals surface area (Å²) in [5.41, 5.74) is 9.76. The van der Waals surface area contributed by atoms with E-state index in [0.29, 0.717) is 27.4 Å². The van der Waals surface area contributed by atoms with Crippen molar-refractivity contribution in [3.05, 3.63) is 101 Å². The van der Waals surface area contributed by atoms with Crippen molar-refractivity contribution in [2.24, 2.45) is 5.73 Å². The summed E-state index contributed by atoms with van der Waals surface area (Å²) in [6, 6.07) is 23.5. The fourth-order valence-electron chi connectivity index (χ4n) is 3.51. The summed E-state index contributed by atoms with van der Waals surface area (Å²) in [5, 5.41) is 3.35. The van der Waals surface area contributed by atoms with E-state index < -0.39 is 5.91 Å². The number of nitrogens with zero attached hydrogens (tertiary/aromatic N) is 1. The third-order valence-electron chi connectivity index (χ3n) is 5.09. The molecule has 164 valence electrons. The van der Waals surface area contributed by atoms with Gasteiger partial charge in [-0.15, -0.1) is 11.8 Å². The van der Waals surface area contributed by atoms with Crippen LogP contribution in [0, 0.1) is 0 Å². The van der Waals surface area contributed by atoms with Crippen LogP contribution in [0.5, 0.6) is 0 Å². The van der Waals surface area contributed by atoms with Crippen LogP contribution >= 0.6 is 23.4 Å². The van der Waals surface area contributed by atoms with Gasteiger partial charge in [0, 0.05) is 38.5 Å². The molecule has 1 aromatic heterocycles. The second-order valence-electron chi connectivity index (χ2n) is 7.22. The van der Waals surface area contributed by atoms with E-state index in [0.717, 1.165) is 16.2 Å². The number of hydrogen-bond donors (Lipinski definition) is 2. The Kier molecular flexibility index (Phi) is 6.77. The van der Waals surface area contributed by atoms with Crippen molar-refractivity contribution < 1.29 is 9.59 Å². The van der Waals surface area contributed by atoms with Crippen LogP contribution in [0.3, 0.4) is 0 Å². The maximum atomic E-state index is 13.3. The first kappa shape index (κ1) is 22.6. The Hall–Kier alpha value is -3.61. The molecule has 0 aliphatic rings. The monoisotopic (exact) mass is 473 g/mol. The third kappa shape index (κ3) is 5.08. The van der Waals surface area contributed by atoms with Gasteiger partial charge in [-0.25, -0.2) is 0 Å². The van der Waals surface area contributed by atoms with Crippen LogP contribution < -0.4 is 11.1 Å². The molecule has 7 heteroatoms. The summed E-state index contributed by atoms with van der Waals surface area (Å²) in [6.45, 7) is 0. The van der Waals surface area contributed by atoms with E-state index in [9.17, 15) is 9.59 Å². The Labute approximate surface area is 201 Å². The molecular formula is C26H20ClN3O2S. The van der Waals surface area contributed by atoms with Crippen molar-refractivity contribution in [1.82, 2.24) is 4.98 Å². The van der Waals surface area contributed by atoms with Crippen LogP contribution in [-0.4, -0.2) is 23.1 Å². The van der Waals surface area contributed by atoms with Gasteiger partial charge in [0.25, 0.3) is 5.91 Å². The number of thioether (sulfide) groups is 1. The van der Waals surface area contributed by atoms with Gasteiger partial charge in [-0.05, 0) is 72.0 Å². The van der Waals surface area contributed by atoms with Crippen molar-refractivity contribution in [1.29, 1.82) is 0 Å². The molecule has 1 heterocycles. The summed E-state index contributed by atoms with van der Waals surface area (Å²) < 4.78 is 0. The molecule has 33 heavy (non-hydrogen) atoms. The first-order valence-electron chi connectivity index (χ1n) is 10.1. The normalized spacial score (nSPS) is 10.6. The van der Waals surface area contributed by atoms with Gasteiger partial charge in [-0.1, -0.05) is 35.9 Å². The van der Waals surface area contributed by atoms with Gasteiger partial charge in [0.2, 0.25) is 5.91 Å². The minimum Gasteiger partial charge on any atom is -0.366 e. The predicted molar refractivity (Wildman–Crippen MR) is 135 cm³/mol. The Balaban J connectivity index is 1.74. The largest absolute Gasteiger partial charge is 0.366 e. The van der Waals surface area contributed by atoms with Crippen LogP contribution in [0.25, 0.3) is 22.4 Å². The minimum atomic E-state index is -0.614. The van der Waals surface area contributed by atoms with E-state index in [4.69, 9.17) is 17.3 Å². The zero-order valence-electron chi connectivity index (χ0n) is 17.7. The quantitative estimate of drug-likeness (QED) is 0.329. The molecule has 3 aromatic carbocycles. The van der Waals surface area contributed by atoms with E-state index in [1.807, 2.05) is 60.9 Å². The fourth-order valence-corrected chi connectivity index (χ4v) is 4.13. The van der Waals surface area contributed by atoms with Crippen molar-refractivity contribution in [3.63, 3.8) is 0 Å². The number of aromatic nitrogens is 1. The molecule has 0 aliphatic carbocycles. The average molecular weight is 474 g/mol. The van der Waals surface area contributed by atoms with Crippen LogP contribution in [0.4, 0.5) is 5.69 Å². The molecule has 0 fully saturated rings. The van der Waals surface area contributed by atoms with Gasteiger partial charge >= 0.3 is 0 Å². The molecule has 0 atom stereocenters. The summed E-state index contributed by atoms with van der Waals surface area (Å²) in [5.74, 6) is -0.919. The average Bonchev–Trinajstić information content (AvgIpc) is 2.84. The number of hydrogen-bond acceptors (Lipinski definition) is 4. The van der Waals surface area contributed by atoms with Gasteiger partial charge in [0.15, 0.2) is 0 Å². The van der Waals surface area contributed by atoms with Gasteiger partial charge in [0.05, 0.1) is 5.69 Å². The topological polar surface area (TPSA) is 85.1 Å². The Morgan fingerprint density at radius 3 is 2.48 bits per heavy atom. The zero-order chi connectivity index (χ0) is 23.4. The van der Waals surface area contributed by atoms with Crippen molar-refractivity contribution in [2.45, 2.75) is 4.90 Å². The second kappa shape index (κ2) is 9.90. The minimum absolute atomic E-state index is 0.256. The van der Waals surface area contributed by atoms with Crippen molar-refractivity contribution in [2.75, 3.05) is 11.6 Å². The number of benzene rings is 3. The number of rotatable bonds is 6. The van der Waals surface area contributed by atoms with E-state index in [2.05, 4.69) is 10.3 Å². The van der Waals surface area contributed by atoms with Crippen LogP contribution in [0.1, 0.15) is 20.7 Å². The zero-order valence-corrected chi connectivity index (χ0v) is 19.3. The molecule has 0 spiro atoms. The predicted octanol–water partition coefficient (Wildman–Crippen LogP) is 6.14. The molecule has 0 unspecified atom stereocenters. The van der Waals surface area contributed by atoms with E-state index in [1.54, 1.807) is 24.4 Å². The summed E-state index contributed by atoms with van der Waals surface area (Å²) in [6.07, 6.45) is 3.67. The van der Waals surface area contributed by atoms with Gasteiger partial charge < -0.3 is 11.1 Å². The van der Waals surface area contributed by atoms with Crippen LogP contribution in [-0.2, 0) is 0 Å². The van der Waals surface area contributed by atoms with Gasteiger partial charge in [-0.3, -0.25) is 14.6 Å². The number of primary amides is 1. The number of carbonyl (C=O) groups is 2. The first-order valence-corrected chi connectivity index (χ1v) is 11.7. The summed E-state index contributed by atoms with van der Waals surface area (Å²) >= 11 is 7.62. The highest BCUT2D eigenvalue weighted by molar-refractivity contribution is 7.98. The first-order chi connectivity index (χ1) is 16.0. The molecule has 5 nitrogen and oxygen atoms in total. The maximum Gasteiger partial charge on any atom is 0.256 e. The number of halogens is 1. The highest BCUT2D eigenvalue weighted by atomic mass is 35.5. The second-order valence-corrected chi connectivity index (χ2v) is 8.53. The molecule has 3 N–H and O–H groups in total. The number of nitrogens with two attached hydrogens (primary N) is 1. The van der Waals surface area contributed by atoms with Gasteiger partial charge in [0.1, 0.15) is 0 Å².